The summed E-state index contributed by atoms with van der Waals surface area (Å²) in [6, 6.07) is 5.09. The predicted molar refractivity (Wildman–Crippen MR) is 56.2 cm³/mol. The van der Waals surface area contributed by atoms with Crippen molar-refractivity contribution >= 4 is 40.0 Å². The molecule has 0 aliphatic heterocycles. The summed E-state index contributed by atoms with van der Waals surface area (Å²) in [6.07, 6.45) is 0. The van der Waals surface area contributed by atoms with Gasteiger partial charge in [0.15, 0.2) is 17.1 Å². The molecule has 0 saturated heterocycles. The van der Waals surface area contributed by atoms with Gasteiger partial charge in [-0.3, -0.25) is 4.79 Å². The molecule has 0 aliphatic rings. The van der Waals surface area contributed by atoms with E-state index < -0.39 is 0 Å². The maximum Gasteiger partial charge on any atom is 0.194 e. The molecule has 2 aromatic rings. The normalized spacial score (nSPS) is 10.8. The minimum absolute atomic E-state index is 0.131. The molecule has 0 fully saturated rings. The van der Waals surface area contributed by atoms with E-state index in [1.165, 1.54) is 6.92 Å². The predicted octanol–water partition coefficient (Wildman–Crippen LogP) is 3.94. The highest BCUT2D eigenvalue weighted by atomic mass is 35.5. The van der Waals surface area contributed by atoms with Gasteiger partial charge in [-0.1, -0.05) is 23.2 Å². The van der Waals surface area contributed by atoms with Crippen LogP contribution in [0.4, 0.5) is 0 Å². The Morgan fingerprint density at radius 2 is 2.07 bits per heavy atom. The molecule has 4 heteroatoms. The lowest BCUT2D eigenvalue weighted by Crippen LogP contribution is -1.85. The van der Waals surface area contributed by atoms with E-state index in [2.05, 4.69) is 0 Å². The van der Waals surface area contributed by atoms with Crippen LogP contribution in [-0.2, 0) is 0 Å². The van der Waals surface area contributed by atoms with Crippen molar-refractivity contribution in [1.29, 1.82) is 0 Å². The number of furan rings is 1. The first-order valence-electron chi connectivity index (χ1n) is 3.98. The summed E-state index contributed by atoms with van der Waals surface area (Å²) in [5.74, 6) is 0.164. The Balaban J connectivity index is 2.77. The van der Waals surface area contributed by atoms with Crippen LogP contribution in [0.3, 0.4) is 0 Å². The average molecular weight is 229 g/mol. The summed E-state index contributed by atoms with van der Waals surface area (Å²) in [5.41, 5.74) is 0.462. The fourth-order valence-corrected chi connectivity index (χ4v) is 1.58. The highest BCUT2D eigenvalue weighted by Gasteiger charge is 2.12. The molecule has 2 rings (SSSR count). The lowest BCUT2D eigenvalue weighted by Gasteiger charge is -1.94. The van der Waals surface area contributed by atoms with Crippen LogP contribution in [0.15, 0.2) is 22.6 Å². The molecule has 0 atom stereocenters. The van der Waals surface area contributed by atoms with E-state index in [9.17, 15) is 4.79 Å². The molecule has 0 saturated carbocycles. The van der Waals surface area contributed by atoms with Crippen molar-refractivity contribution in [2.75, 3.05) is 0 Å². The second-order valence-corrected chi connectivity index (χ2v) is 3.73. The van der Waals surface area contributed by atoms with E-state index in [0.717, 1.165) is 5.39 Å². The maximum absolute atomic E-state index is 11.0. The van der Waals surface area contributed by atoms with Crippen molar-refractivity contribution in [3.8, 4) is 0 Å². The van der Waals surface area contributed by atoms with Crippen LogP contribution < -0.4 is 0 Å². The first-order valence-corrected chi connectivity index (χ1v) is 4.73. The standard InChI is InChI=1S/C10H6Cl2O2/c1-5(13)8-4-6-2-3-7(11)9(12)10(6)14-8/h2-4H,1H3. The minimum atomic E-state index is -0.131. The molecule has 2 nitrogen and oxygen atoms in total. The van der Waals surface area contributed by atoms with Crippen LogP contribution in [0, 0.1) is 0 Å². The van der Waals surface area contributed by atoms with Crippen molar-refractivity contribution in [3.05, 3.63) is 34.0 Å². The lowest BCUT2D eigenvalue weighted by molar-refractivity contribution is 0.0989. The average Bonchev–Trinajstić information content (AvgIpc) is 2.56. The molecule has 1 aromatic carbocycles. The van der Waals surface area contributed by atoms with Crippen LogP contribution in [0.25, 0.3) is 11.0 Å². The number of benzene rings is 1. The van der Waals surface area contributed by atoms with Crippen molar-refractivity contribution in [2.45, 2.75) is 6.92 Å². The third-order valence-corrected chi connectivity index (χ3v) is 2.71. The van der Waals surface area contributed by atoms with Gasteiger partial charge >= 0.3 is 0 Å². The molecular weight excluding hydrogens is 223 g/mol. The van der Waals surface area contributed by atoms with Gasteiger partial charge in [-0.05, 0) is 18.2 Å². The van der Waals surface area contributed by atoms with Crippen LogP contribution in [0.5, 0.6) is 0 Å². The monoisotopic (exact) mass is 228 g/mol. The maximum atomic E-state index is 11.0. The molecule has 0 aliphatic carbocycles. The van der Waals surface area contributed by atoms with Gasteiger partial charge in [0.2, 0.25) is 0 Å². The SMILES string of the molecule is CC(=O)c1cc2ccc(Cl)c(Cl)c2o1. The molecule has 0 unspecified atom stereocenters. The number of hydrogen-bond donors (Lipinski definition) is 0. The summed E-state index contributed by atoms with van der Waals surface area (Å²) >= 11 is 11.7. The third kappa shape index (κ3) is 1.41. The highest BCUT2D eigenvalue weighted by molar-refractivity contribution is 6.44. The first kappa shape index (κ1) is 9.56. The number of halogens is 2. The van der Waals surface area contributed by atoms with Crippen molar-refractivity contribution in [1.82, 2.24) is 0 Å². The van der Waals surface area contributed by atoms with Gasteiger partial charge in [0.05, 0.1) is 5.02 Å². The van der Waals surface area contributed by atoms with Gasteiger partial charge in [0, 0.05) is 12.3 Å². The number of rotatable bonds is 1. The number of carbonyl (C=O) groups excluding carboxylic acids is 1. The molecular formula is C10H6Cl2O2. The fraction of sp³-hybridized carbons (Fsp3) is 0.100. The Bertz CT molecular complexity index is 514. The van der Waals surface area contributed by atoms with E-state index in [-0.39, 0.29) is 5.78 Å². The minimum Gasteiger partial charge on any atom is -0.451 e. The van der Waals surface area contributed by atoms with Crippen LogP contribution >= 0.6 is 23.2 Å². The number of Topliss-reactive ketones (excluding diaryl/α,β-unsaturated/α-hetero) is 1. The molecule has 0 radical (unpaired) electrons. The summed E-state index contributed by atoms with van der Waals surface area (Å²) in [4.78, 5) is 11.0. The number of hydrogen-bond acceptors (Lipinski definition) is 2. The van der Waals surface area contributed by atoms with Gasteiger partial charge in [-0.15, -0.1) is 0 Å². The highest BCUT2D eigenvalue weighted by Crippen LogP contribution is 2.32. The Kier molecular flexibility index (Phi) is 2.25. The lowest BCUT2D eigenvalue weighted by atomic mass is 10.2. The number of carbonyl (C=O) groups is 1. The van der Waals surface area contributed by atoms with Crippen LogP contribution in [0.1, 0.15) is 17.5 Å². The summed E-state index contributed by atoms with van der Waals surface area (Å²) in [7, 11) is 0. The second kappa shape index (κ2) is 3.30. The van der Waals surface area contributed by atoms with Crippen LogP contribution in [-0.4, -0.2) is 5.78 Å². The largest absolute Gasteiger partial charge is 0.451 e. The molecule has 1 heterocycles. The van der Waals surface area contributed by atoms with Crippen molar-refractivity contribution < 1.29 is 9.21 Å². The Morgan fingerprint density at radius 1 is 1.36 bits per heavy atom. The Hall–Kier alpha value is -0.990. The zero-order valence-electron chi connectivity index (χ0n) is 7.30. The van der Waals surface area contributed by atoms with E-state index in [0.29, 0.717) is 21.4 Å². The zero-order chi connectivity index (χ0) is 10.3. The smallest absolute Gasteiger partial charge is 0.194 e. The third-order valence-electron chi connectivity index (χ3n) is 1.93. The summed E-state index contributed by atoms with van der Waals surface area (Å²) < 4.78 is 5.28. The number of fused-ring (bicyclic) bond motifs is 1. The van der Waals surface area contributed by atoms with Crippen LogP contribution in [0.2, 0.25) is 10.0 Å². The number of ketones is 1. The van der Waals surface area contributed by atoms with Gasteiger partial charge < -0.3 is 4.42 Å². The molecule has 0 amide bonds. The Morgan fingerprint density at radius 3 is 2.71 bits per heavy atom. The van der Waals surface area contributed by atoms with Crippen molar-refractivity contribution in [2.24, 2.45) is 0 Å². The van der Waals surface area contributed by atoms with Gasteiger partial charge in [-0.2, -0.15) is 0 Å². The van der Waals surface area contributed by atoms with E-state index in [4.69, 9.17) is 27.6 Å². The summed E-state index contributed by atoms with van der Waals surface area (Å²) in [6.45, 7) is 1.44. The molecule has 0 N–H and O–H groups in total. The molecule has 1 aromatic heterocycles. The van der Waals surface area contributed by atoms with Gasteiger partial charge in [-0.25, -0.2) is 0 Å². The molecule has 14 heavy (non-hydrogen) atoms. The zero-order valence-corrected chi connectivity index (χ0v) is 8.82. The fourth-order valence-electron chi connectivity index (χ4n) is 1.22. The second-order valence-electron chi connectivity index (χ2n) is 2.95. The molecule has 72 valence electrons. The Labute approximate surface area is 90.4 Å². The van der Waals surface area contributed by atoms with E-state index >= 15 is 0 Å². The van der Waals surface area contributed by atoms with Crippen molar-refractivity contribution in [3.63, 3.8) is 0 Å². The van der Waals surface area contributed by atoms with E-state index in [1.807, 2.05) is 0 Å². The molecule has 0 bridgehead atoms. The van der Waals surface area contributed by atoms with Gasteiger partial charge in [0.1, 0.15) is 5.02 Å². The summed E-state index contributed by atoms with van der Waals surface area (Å²) in [5, 5.41) is 1.55. The van der Waals surface area contributed by atoms with E-state index in [1.54, 1.807) is 18.2 Å². The molecule has 0 spiro atoms. The first-order chi connectivity index (χ1) is 6.59. The van der Waals surface area contributed by atoms with Gasteiger partial charge in [0.25, 0.3) is 0 Å². The quantitative estimate of drug-likeness (QED) is 0.693. The topological polar surface area (TPSA) is 30.2 Å².